The fraction of sp³-hybridized carbons (Fsp3) is 0.500. The molecule has 1 aromatic heterocycles. The molecule has 2 aromatic rings. The highest BCUT2D eigenvalue weighted by Gasteiger charge is 2.32. The van der Waals surface area contributed by atoms with E-state index in [9.17, 15) is 23.1 Å². The van der Waals surface area contributed by atoms with Gasteiger partial charge in [0.25, 0.3) is 5.91 Å². The first-order valence-electron chi connectivity index (χ1n) is 9.32. The molecule has 0 bridgehead atoms. The highest BCUT2D eigenvalue weighted by Crippen LogP contribution is 2.35. The Bertz CT molecular complexity index is 910. The van der Waals surface area contributed by atoms with E-state index in [0.29, 0.717) is 0 Å². The summed E-state index contributed by atoms with van der Waals surface area (Å²) in [5, 5.41) is 12.9. The topological polar surface area (TPSA) is 71.5 Å². The molecule has 1 saturated carbocycles. The number of nitrogens with one attached hydrogen (secondary N) is 1. The zero-order chi connectivity index (χ0) is 21.3. The van der Waals surface area contributed by atoms with Crippen molar-refractivity contribution in [2.45, 2.75) is 57.8 Å². The number of rotatable bonds is 5. The van der Waals surface area contributed by atoms with Crippen molar-refractivity contribution in [3.63, 3.8) is 0 Å². The fourth-order valence-electron chi connectivity index (χ4n) is 3.72. The van der Waals surface area contributed by atoms with E-state index < -0.39 is 23.8 Å². The molecule has 3 rings (SSSR count). The molecular weight excluding hydrogens is 409 g/mol. The maximum absolute atomic E-state index is 14.4. The van der Waals surface area contributed by atoms with Crippen molar-refractivity contribution < 1.29 is 27.8 Å². The summed E-state index contributed by atoms with van der Waals surface area (Å²) in [5.41, 5.74) is -0.750. The van der Waals surface area contributed by atoms with E-state index in [4.69, 9.17) is 11.6 Å². The van der Waals surface area contributed by atoms with Crippen molar-refractivity contribution in [2.24, 2.45) is 5.92 Å². The second-order valence-corrected chi connectivity index (χ2v) is 8.26. The van der Waals surface area contributed by atoms with Crippen LogP contribution in [0.3, 0.4) is 0 Å². The Labute approximate surface area is 171 Å². The minimum atomic E-state index is -3.23. The Morgan fingerprint density at radius 3 is 2.55 bits per heavy atom. The van der Waals surface area contributed by atoms with Gasteiger partial charge < -0.3 is 15.2 Å². The van der Waals surface area contributed by atoms with E-state index in [-0.39, 0.29) is 39.4 Å². The summed E-state index contributed by atoms with van der Waals surface area (Å²) in [5.74, 6) is -2.06. The van der Waals surface area contributed by atoms with Crippen molar-refractivity contribution in [2.75, 3.05) is 0 Å². The smallest absolute Gasteiger partial charge is 0.387 e. The summed E-state index contributed by atoms with van der Waals surface area (Å²) >= 11 is 5.84. The van der Waals surface area contributed by atoms with Crippen LogP contribution in [-0.4, -0.2) is 34.3 Å². The molecule has 0 spiro atoms. The van der Waals surface area contributed by atoms with E-state index in [2.05, 4.69) is 15.0 Å². The predicted octanol–water partition coefficient (Wildman–Crippen LogP) is 4.69. The van der Waals surface area contributed by atoms with Crippen LogP contribution in [0.1, 0.15) is 49.9 Å². The lowest BCUT2D eigenvalue weighted by molar-refractivity contribution is -0.0519. The number of hydrogen-bond donors (Lipinski definition) is 2. The normalized spacial score (nSPS) is 20.1. The van der Waals surface area contributed by atoms with Crippen molar-refractivity contribution >= 4 is 28.4 Å². The molecule has 0 saturated heterocycles. The molecule has 0 atom stereocenters. The summed E-state index contributed by atoms with van der Waals surface area (Å²) in [4.78, 5) is 16.5. The first-order valence-corrected chi connectivity index (χ1v) is 9.70. The third kappa shape index (κ3) is 4.93. The molecule has 1 fully saturated rings. The van der Waals surface area contributed by atoms with Gasteiger partial charge in [0.15, 0.2) is 11.6 Å². The van der Waals surface area contributed by atoms with Crippen LogP contribution in [0.25, 0.3) is 10.9 Å². The number of amides is 1. The molecule has 1 amide bonds. The average molecular weight is 431 g/mol. The van der Waals surface area contributed by atoms with Gasteiger partial charge in [0, 0.05) is 17.6 Å². The average Bonchev–Trinajstić information content (AvgIpc) is 2.64. The predicted molar refractivity (Wildman–Crippen MR) is 103 cm³/mol. The number of aromatic nitrogens is 1. The maximum Gasteiger partial charge on any atom is 0.387 e. The molecule has 0 unspecified atom stereocenters. The number of pyridine rings is 1. The van der Waals surface area contributed by atoms with Gasteiger partial charge in [-0.2, -0.15) is 8.78 Å². The van der Waals surface area contributed by atoms with E-state index in [0.717, 1.165) is 25.7 Å². The highest BCUT2D eigenvalue weighted by atomic mass is 35.5. The van der Waals surface area contributed by atoms with Crippen molar-refractivity contribution in [3.8, 4) is 5.75 Å². The Balaban J connectivity index is 1.74. The number of benzene rings is 1. The molecule has 0 radical (unpaired) electrons. The molecule has 29 heavy (non-hydrogen) atoms. The largest absolute Gasteiger partial charge is 0.430 e. The van der Waals surface area contributed by atoms with Crippen LogP contribution in [0, 0.1) is 11.7 Å². The third-order valence-corrected chi connectivity index (χ3v) is 5.63. The molecule has 5 nitrogen and oxygen atoms in total. The number of ether oxygens (including phenoxy) is 1. The minimum Gasteiger partial charge on any atom is -0.430 e. The number of hydrogen-bond acceptors (Lipinski definition) is 4. The van der Waals surface area contributed by atoms with Gasteiger partial charge in [-0.15, -0.1) is 0 Å². The second kappa shape index (κ2) is 8.36. The summed E-state index contributed by atoms with van der Waals surface area (Å²) in [6.07, 6.45) is 4.28. The summed E-state index contributed by atoms with van der Waals surface area (Å²) < 4.78 is 43.4. The SMILES string of the molecule is CC(C)(O)[C@H]1CC[C@H](NC(=O)c2cnc3c(F)c(OC(F)F)c(Cl)cc3c2)CC1. The van der Waals surface area contributed by atoms with Crippen molar-refractivity contribution in [3.05, 3.63) is 34.7 Å². The molecule has 0 aliphatic heterocycles. The Morgan fingerprint density at radius 1 is 1.31 bits per heavy atom. The highest BCUT2D eigenvalue weighted by molar-refractivity contribution is 6.32. The molecule has 1 heterocycles. The number of halogens is 4. The minimum absolute atomic E-state index is 0.0288. The number of carbonyl (C=O) groups excluding carboxylic acids is 1. The van der Waals surface area contributed by atoms with E-state index in [1.807, 2.05) is 0 Å². The zero-order valence-electron chi connectivity index (χ0n) is 16.0. The van der Waals surface area contributed by atoms with Gasteiger partial charge in [-0.1, -0.05) is 11.6 Å². The van der Waals surface area contributed by atoms with Gasteiger partial charge in [0.1, 0.15) is 5.52 Å². The monoisotopic (exact) mass is 430 g/mol. The molecular formula is C20H22ClF3N2O3. The lowest BCUT2D eigenvalue weighted by Gasteiger charge is -2.36. The molecule has 1 aliphatic carbocycles. The summed E-state index contributed by atoms with van der Waals surface area (Å²) in [6, 6.07) is 2.61. The maximum atomic E-state index is 14.4. The molecule has 2 N–H and O–H groups in total. The number of nitrogens with zero attached hydrogens (tertiary/aromatic N) is 1. The third-order valence-electron chi connectivity index (χ3n) is 5.35. The first-order chi connectivity index (χ1) is 13.6. The van der Waals surface area contributed by atoms with Crippen LogP contribution in [0.15, 0.2) is 18.3 Å². The van der Waals surface area contributed by atoms with Crippen LogP contribution in [0.2, 0.25) is 5.02 Å². The quantitative estimate of drug-likeness (QED) is 0.722. The zero-order valence-corrected chi connectivity index (χ0v) is 16.8. The first kappa shape index (κ1) is 21.6. The Hall–Kier alpha value is -2.06. The standard InChI is InChI=1S/C20H22ClF3N2O3/c1-20(2,28)12-3-5-13(6-4-12)26-18(27)11-7-10-8-14(21)17(29-19(23)24)15(22)16(10)25-9-11/h7-9,12-13,19,28H,3-6H2,1-2H3,(H,26,27)/t12-,13-. The van der Waals surface area contributed by atoms with Crippen LogP contribution >= 0.6 is 11.6 Å². The number of aliphatic hydroxyl groups is 1. The summed E-state index contributed by atoms with van der Waals surface area (Å²) in [6.45, 7) is 0.356. The van der Waals surface area contributed by atoms with Gasteiger partial charge in [-0.05, 0) is 57.6 Å². The van der Waals surface area contributed by atoms with Gasteiger partial charge >= 0.3 is 6.61 Å². The van der Waals surface area contributed by atoms with E-state index >= 15 is 0 Å². The van der Waals surface area contributed by atoms with Gasteiger partial charge in [-0.3, -0.25) is 9.78 Å². The number of carbonyl (C=O) groups is 1. The molecule has 1 aromatic carbocycles. The second-order valence-electron chi connectivity index (χ2n) is 7.85. The van der Waals surface area contributed by atoms with Gasteiger partial charge in [0.2, 0.25) is 0 Å². The van der Waals surface area contributed by atoms with Crippen molar-refractivity contribution in [1.29, 1.82) is 0 Å². The number of fused-ring (bicyclic) bond motifs is 1. The summed E-state index contributed by atoms with van der Waals surface area (Å²) in [7, 11) is 0. The van der Waals surface area contributed by atoms with Crippen LogP contribution in [0.4, 0.5) is 13.2 Å². The lowest BCUT2D eigenvalue weighted by Crippen LogP contribution is -2.41. The van der Waals surface area contributed by atoms with Crippen molar-refractivity contribution in [1.82, 2.24) is 10.3 Å². The Morgan fingerprint density at radius 2 is 1.97 bits per heavy atom. The van der Waals surface area contributed by atoms with Crippen LogP contribution < -0.4 is 10.1 Å². The number of alkyl halides is 2. The molecule has 158 valence electrons. The van der Waals surface area contributed by atoms with Gasteiger partial charge in [0.05, 0.1) is 16.2 Å². The molecule has 1 aliphatic rings. The fourth-order valence-corrected chi connectivity index (χ4v) is 3.97. The lowest BCUT2D eigenvalue weighted by atomic mass is 9.77. The van der Waals surface area contributed by atoms with Crippen LogP contribution in [0.5, 0.6) is 5.75 Å². The van der Waals surface area contributed by atoms with Crippen LogP contribution in [-0.2, 0) is 0 Å². The van der Waals surface area contributed by atoms with Gasteiger partial charge in [-0.25, -0.2) is 4.39 Å². The Kier molecular flexibility index (Phi) is 6.24. The van der Waals surface area contributed by atoms with E-state index in [1.165, 1.54) is 18.3 Å². The molecule has 9 heteroatoms. The van der Waals surface area contributed by atoms with E-state index in [1.54, 1.807) is 13.8 Å².